The minimum absolute atomic E-state index is 0.292. The predicted octanol–water partition coefficient (Wildman–Crippen LogP) is 1.70. The highest BCUT2D eigenvalue weighted by Gasteiger charge is 2.22. The molecule has 0 saturated carbocycles. The van der Waals surface area contributed by atoms with Gasteiger partial charge in [-0.15, -0.1) is 0 Å². The fraction of sp³-hybridized carbons (Fsp3) is 0.500. The van der Waals surface area contributed by atoms with Gasteiger partial charge in [0.2, 0.25) is 0 Å². The first-order valence-electron chi connectivity index (χ1n) is 6.27. The number of nitriles is 1. The molecule has 1 heterocycles. The minimum Gasteiger partial charge on any atom is -0.492 e. The molecule has 1 saturated heterocycles. The zero-order valence-corrected chi connectivity index (χ0v) is 10.6. The molecule has 96 valence electrons. The maximum absolute atomic E-state index is 8.68. The molecule has 18 heavy (non-hydrogen) atoms. The summed E-state index contributed by atoms with van der Waals surface area (Å²) in [5.41, 5.74) is 0.650. The van der Waals surface area contributed by atoms with E-state index in [1.165, 1.54) is 0 Å². The molecule has 0 aromatic heterocycles. The summed E-state index contributed by atoms with van der Waals surface area (Å²) >= 11 is 0. The van der Waals surface area contributed by atoms with Gasteiger partial charge in [-0.2, -0.15) is 5.26 Å². The van der Waals surface area contributed by atoms with Gasteiger partial charge in [-0.1, -0.05) is 0 Å². The molecule has 2 rings (SSSR count). The lowest BCUT2D eigenvalue weighted by molar-refractivity contribution is 0.112. The summed E-state index contributed by atoms with van der Waals surface area (Å²) in [5, 5.41) is 12.1. The second-order valence-corrected chi connectivity index (χ2v) is 4.41. The van der Waals surface area contributed by atoms with Gasteiger partial charge in [0, 0.05) is 19.2 Å². The molecule has 0 bridgehead atoms. The van der Waals surface area contributed by atoms with Crippen LogP contribution in [0.1, 0.15) is 18.9 Å². The third-order valence-electron chi connectivity index (χ3n) is 3.14. The van der Waals surface area contributed by atoms with Crippen LogP contribution in [-0.2, 0) is 4.74 Å². The number of hydrogen-bond donors (Lipinski definition) is 1. The van der Waals surface area contributed by atoms with Crippen LogP contribution in [0.3, 0.4) is 0 Å². The summed E-state index contributed by atoms with van der Waals surface area (Å²) in [6.45, 7) is 4.36. The number of hydrogen-bond acceptors (Lipinski definition) is 4. The lowest BCUT2D eigenvalue weighted by Gasteiger charge is -2.16. The van der Waals surface area contributed by atoms with Crippen LogP contribution < -0.4 is 10.1 Å². The third kappa shape index (κ3) is 3.46. The molecular weight excluding hydrogens is 228 g/mol. The monoisotopic (exact) mass is 246 g/mol. The van der Waals surface area contributed by atoms with Crippen molar-refractivity contribution in [2.45, 2.75) is 25.5 Å². The van der Waals surface area contributed by atoms with Crippen molar-refractivity contribution in [2.24, 2.45) is 0 Å². The number of rotatable bonds is 5. The molecule has 1 N–H and O–H groups in total. The Hall–Kier alpha value is -1.57. The van der Waals surface area contributed by atoms with Crippen molar-refractivity contribution in [1.29, 1.82) is 5.26 Å². The SMILES string of the molecule is C[C@@H]1OCC[C@H]1NCCOc1ccc(C#N)cc1. The van der Waals surface area contributed by atoms with Crippen LogP contribution in [0.4, 0.5) is 0 Å². The molecule has 1 aliphatic rings. The molecule has 1 fully saturated rings. The average Bonchev–Trinajstić information content (AvgIpc) is 2.81. The Labute approximate surface area is 108 Å². The number of benzene rings is 1. The van der Waals surface area contributed by atoms with Crippen LogP contribution in [0, 0.1) is 11.3 Å². The van der Waals surface area contributed by atoms with Gasteiger partial charge in [0.05, 0.1) is 17.7 Å². The maximum Gasteiger partial charge on any atom is 0.119 e. The minimum atomic E-state index is 0.292. The highest BCUT2D eigenvalue weighted by Crippen LogP contribution is 2.13. The second-order valence-electron chi connectivity index (χ2n) is 4.41. The smallest absolute Gasteiger partial charge is 0.119 e. The zero-order valence-electron chi connectivity index (χ0n) is 10.6. The molecule has 1 aromatic carbocycles. The molecule has 0 amide bonds. The highest BCUT2D eigenvalue weighted by atomic mass is 16.5. The quantitative estimate of drug-likeness (QED) is 0.803. The van der Waals surface area contributed by atoms with E-state index >= 15 is 0 Å². The number of ether oxygens (including phenoxy) is 2. The Kier molecular flexibility index (Phi) is 4.57. The summed E-state index contributed by atoms with van der Waals surface area (Å²) in [6.07, 6.45) is 1.36. The van der Waals surface area contributed by atoms with Gasteiger partial charge in [0.15, 0.2) is 0 Å². The zero-order chi connectivity index (χ0) is 12.8. The van der Waals surface area contributed by atoms with Crippen LogP contribution >= 0.6 is 0 Å². The van der Waals surface area contributed by atoms with E-state index in [0.717, 1.165) is 25.3 Å². The van der Waals surface area contributed by atoms with Gasteiger partial charge in [-0.3, -0.25) is 0 Å². The Morgan fingerprint density at radius 3 is 2.83 bits per heavy atom. The first-order valence-corrected chi connectivity index (χ1v) is 6.27. The summed E-state index contributed by atoms with van der Waals surface area (Å²) in [7, 11) is 0. The van der Waals surface area contributed by atoms with E-state index in [9.17, 15) is 0 Å². The number of nitrogens with one attached hydrogen (secondary N) is 1. The van der Waals surface area contributed by atoms with Gasteiger partial charge in [-0.25, -0.2) is 0 Å². The van der Waals surface area contributed by atoms with Crippen molar-refractivity contribution in [1.82, 2.24) is 5.32 Å². The maximum atomic E-state index is 8.68. The van der Waals surface area contributed by atoms with Crippen molar-refractivity contribution in [3.8, 4) is 11.8 Å². The normalized spacial score (nSPS) is 22.7. The molecule has 0 spiro atoms. The van der Waals surface area contributed by atoms with E-state index in [0.29, 0.717) is 24.3 Å². The van der Waals surface area contributed by atoms with Crippen molar-refractivity contribution < 1.29 is 9.47 Å². The van der Waals surface area contributed by atoms with Gasteiger partial charge < -0.3 is 14.8 Å². The van der Waals surface area contributed by atoms with E-state index < -0.39 is 0 Å². The van der Waals surface area contributed by atoms with E-state index in [1.807, 2.05) is 12.1 Å². The van der Waals surface area contributed by atoms with E-state index in [4.69, 9.17) is 14.7 Å². The van der Waals surface area contributed by atoms with Crippen LogP contribution in [0.2, 0.25) is 0 Å². The van der Waals surface area contributed by atoms with E-state index in [1.54, 1.807) is 12.1 Å². The fourth-order valence-electron chi connectivity index (χ4n) is 2.04. The third-order valence-corrected chi connectivity index (χ3v) is 3.14. The summed E-state index contributed by atoms with van der Waals surface area (Å²) in [4.78, 5) is 0. The lowest BCUT2D eigenvalue weighted by Crippen LogP contribution is -2.37. The molecular formula is C14H18N2O2. The van der Waals surface area contributed by atoms with Crippen molar-refractivity contribution >= 4 is 0 Å². The molecule has 2 atom stereocenters. The first kappa shape index (κ1) is 12.9. The highest BCUT2D eigenvalue weighted by molar-refractivity contribution is 5.34. The molecule has 0 unspecified atom stereocenters. The van der Waals surface area contributed by atoms with Crippen LogP contribution in [0.25, 0.3) is 0 Å². The molecule has 1 aliphatic heterocycles. The standard InChI is InChI=1S/C14H18N2O2/c1-11-14(6-8-17-11)16-7-9-18-13-4-2-12(10-15)3-5-13/h2-5,11,14,16H,6-9H2,1H3/t11-,14+/m0/s1. The summed E-state index contributed by atoms with van der Waals surface area (Å²) in [6, 6.07) is 9.68. The Balaban J connectivity index is 1.67. The molecule has 0 radical (unpaired) electrons. The fourth-order valence-corrected chi connectivity index (χ4v) is 2.04. The van der Waals surface area contributed by atoms with Gasteiger partial charge >= 0.3 is 0 Å². The van der Waals surface area contributed by atoms with E-state index in [2.05, 4.69) is 18.3 Å². The molecule has 4 heteroatoms. The molecule has 1 aromatic rings. The molecule has 4 nitrogen and oxygen atoms in total. The first-order chi connectivity index (χ1) is 8.79. The van der Waals surface area contributed by atoms with Gasteiger partial charge in [0.1, 0.15) is 12.4 Å². The topological polar surface area (TPSA) is 54.3 Å². The van der Waals surface area contributed by atoms with Gasteiger partial charge in [0.25, 0.3) is 0 Å². The average molecular weight is 246 g/mol. The van der Waals surface area contributed by atoms with Crippen molar-refractivity contribution in [3.05, 3.63) is 29.8 Å². The van der Waals surface area contributed by atoms with Crippen LogP contribution in [0.5, 0.6) is 5.75 Å². The van der Waals surface area contributed by atoms with Gasteiger partial charge in [-0.05, 0) is 37.6 Å². The largest absolute Gasteiger partial charge is 0.492 e. The summed E-state index contributed by atoms with van der Waals surface area (Å²) in [5.74, 6) is 0.798. The van der Waals surface area contributed by atoms with Crippen LogP contribution in [0.15, 0.2) is 24.3 Å². The Morgan fingerprint density at radius 2 is 2.22 bits per heavy atom. The Morgan fingerprint density at radius 1 is 1.44 bits per heavy atom. The lowest BCUT2D eigenvalue weighted by atomic mass is 10.1. The van der Waals surface area contributed by atoms with Crippen molar-refractivity contribution in [2.75, 3.05) is 19.8 Å². The Bertz CT molecular complexity index is 411. The van der Waals surface area contributed by atoms with Crippen molar-refractivity contribution in [3.63, 3.8) is 0 Å². The predicted molar refractivity (Wildman–Crippen MR) is 68.5 cm³/mol. The summed E-state index contributed by atoms with van der Waals surface area (Å²) < 4.78 is 11.1. The van der Waals surface area contributed by atoms with Crippen LogP contribution in [-0.4, -0.2) is 31.9 Å². The second kappa shape index (κ2) is 6.39. The number of nitrogens with zero attached hydrogens (tertiary/aromatic N) is 1. The molecule has 0 aliphatic carbocycles. The van der Waals surface area contributed by atoms with E-state index in [-0.39, 0.29) is 0 Å².